The zero-order chi connectivity index (χ0) is 35.1. The second kappa shape index (κ2) is 13.2. The minimum atomic E-state index is -2.84. The molecule has 13 nitrogen and oxygen atoms in total. The van der Waals surface area contributed by atoms with Crippen molar-refractivity contribution in [2.45, 2.75) is 45.3 Å². The van der Waals surface area contributed by atoms with Crippen LogP contribution in [0.4, 0.5) is 13.6 Å². The first-order valence-electron chi connectivity index (χ1n) is 15.6. The van der Waals surface area contributed by atoms with Gasteiger partial charge in [-0.3, -0.25) is 25.1 Å². The van der Waals surface area contributed by atoms with Gasteiger partial charge in [0.25, 0.3) is 5.91 Å². The van der Waals surface area contributed by atoms with Crippen LogP contribution in [0.3, 0.4) is 0 Å². The first-order valence-corrected chi connectivity index (χ1v) is 16.0. The second-order valence-corrected chi connectivity index (χ2v) is 13.6. The van der Waals surface area contributed by atoms with E-state index in [4.69, 9.17) is 21.1 Å². The number of nitrogens with one attached hydrogen (secondary N) is 2. The molecule has 3 aliphatic heterocycles. The van der Waals surface area contributed by atoms with Gasteiger partial charge in [-0.15, -0.1) is 0 Å². The van der Waals surface area contributed by atoms with Crippen molar-refractivity contribution in [3.8, 4) is 11.4 Å². The average Bonchev–Trinajstić information content (AvgIpc) is 3.80. The molecule has 0 spiro atoms. The molecule has 3 aromatic rings. The van der Waals surface area contributed by atoms with Crippen LogP contribution < -0.4 is 0 Å². The highest BCUT2D eigenvalue weighted by Crippen LogP contribution is 2.48. The van der Waals surface area contributed by atoms with E-state index in [0.717, 1.165) is 0 Å². The van der Waals surface area contributed by atoms with Gasteiger partial charge in [0.1, 0.15) is 12.9 Å². The summed E-state index contributed by atoms with van der Waals surface area (Å²) >= 11 is 6.56. The standard InChI is InChI=1S/C33H36ClF2N9O4/c1-20-5-6-22(23-14-40-44(16-23)29(35)36)15-43-30(37)45(28(46)33(20,43)18-32(2,3)4)26(17-49-31(47)42-9-11-48-12-10-42)21-7-8-25(34)24(13-21)27-38-19-39-41-27/h5-8,13-16,19,26,29,37H,1,9-12,17-18H2,2-4H3,(H,38,39,41)/t26-,33-/m1/s1. The monoisotopic (exact) mass is 695 g/mol. The third-order valence-electron chi connectivity index (χ3n) is 8.62. The van der Waals surface area contributed by atoms with Crippen molar-refractivity contribution in [1.82, 2.24) is 39.7 Å². The van der Waals surface area contributed by atoms with E-state index < -0.39 is 35.5 Å². The van der Waals surface area contributed by atoms with Crippen molar-refractivity contribution in [1.29, 1.82) is 5.41 Å². The van der Waals surface area contributed by atoms with Gasteiger partial charge in [0.05, 0.1) is 30.5 Å². The van der Waals surface area contributed by atoms with Crippen LogP contribution >= 0.6 is 11.6 Å². The van der Waals surface area contributed by atoms with Crippen molar-refractivity contribution >= 4 is 35.1 Å². The van der Waals surface area contributed by atoms with E-state index in [1.165, 1.54) is 33.4 Å². The summed E-state index contributed by atoms with van der Waals surface area (Å²) in [6, 6.07) is 4.05. The number of benzene rings is 1. The summed E-state index contributed by atoms with van der Waals surface area (Å²) in [5.41, 5.74) is 0.281. The van der Waals surface area contributed by atoms with Gasteiger partial charge in [0, 0.05) is 42.2 Å². The van der Waals surface area contributed by atoms with Crippen LogP contribution in [0.1, 0.15) is 50.9 Å². The summed E-state index contributed by atoms with van der Waals surface area (Å²) in [6.07, 6.45) is 8.43. The van der Waals surface area contributed by atoms with E-state index in [1.54, 1.807) is 36.6 Å². The number of fused-ring (bicyclic) bond motifs is 1. The fourth-order valence-electron chi connectivity index (χ4n) is 6.34. The molecule has 2 saturated heterocycles. The third kappa shape index (κ3) is 6.47. The number of carbonyl (C=O) groups is 2. The zero-order valence-corrected chi connectivity index (χ0v) is 28.0. The van der Waals surface area contributed by atoms with Gasteiger partial charge in [-0.1, -0.05) is 57.2 Å². The molecule has 2 fully saturated rings. The van der Waals surface area contributed by atoms with E-state index >= 15 is 4.79 Å². The quantitative estimate of drug-likeness (QED) is 0.308. The van der Waals surface area contributed by atoms with E-state index in [-0.39, 0.29) is 19.0 Å². The summed E-state index contributed by atoms with van der Waals surface area (Å²) in [7, 11) is 0. The number of ether oxygens (including phenoxy) is 2. The molecule has 2 N–H and O–H groups in total. The number of aromatic amines is 1. The van der Waals surface area contributed by atoms with Crippen molar-refractivity contribution in [2.24, 2.45) is 5.41 Å². The van der Waals surface area contributed by atoms with Crippen LogP contribution in [0, 0.1) is 10.8 Å². The van der Waals surface area contributed by atoms with Gasteiger partial charge < -0.3 is 14.4 Å². The van der Waals surface area contributed by atoms with Gasteiger partial charge in [-0.05, 0) is 35.1 Å². The molecule has 49 heavy (non-hydrogen) atoms. The van der Waals surface area contributed by atoms with E-state index in [2.05, 4.69) is 26.9 Å². The Morgan fingerprint density at radius 3 is 2.65 bits per heavy atom. The predicted octanol–water partition coefficient (Wildman–Crippen LogP) is 5.65. The van der Waals surface area contributed by atoms with E-state index in [9.17, 15) is 19.0 Å². The van der Waals surface area contributed by atoms with Crippen LogP contribution in [0.25, 0.3) is 17.0 Å². The number of carbonyl (C=O) groups excluding carboxylic acids is 2. The molecule has 1 aromatic carbocycles. The Kier molecular flexibility index (Phi) is 9.15. The number of rotatable bonds is 8. The molecule has 2 atom stereocenters. The number of aromatic nitrogens is 5. The number of morpholine rings is 1. The summed E-state index contributed by atoms with van der Waals surface area (Å²) in [4.78, 5) is 36.9. The Balaban J connectivity index is 1.46. The van der Waals surface area contributed by atoms with Crippen molar-refractivity contribution in [2.75, 3.05) is 32.9 Å². The number of amides is 2. The van der Waals surface area contributed by atoms with Gasteiger partial charge in [0.2, 0.25) is 5.96 Å². The lowest BCUT2D eigenvalue weighted by Gasteiger charge is -2.39. The molecule has 2 amide bonds. The topological polar surface area (TPSA) is 146 Å². The summed E-state index contributed by atoms with van der Waals surface area (Å²) < 4.78 is 38.6. The lowest BCUT2D eigenvalue weighted by atomic mass is 9.75. The Hall–Kier alpha value is -4.89. The average molecular weight is 696 g/mol. The minimum Gasteiger partial charge on any atom is -0.447 e. The van der Waals surface area contributed by atoms with E-state index in [0.29, 0.717) is 69.7 Å². The van der Waals surface area contributed by atoms with Crippen molar-refractivity contribution < 1.29 is 27.8 Å². The summed E-state index contributed by atoms with van der Waals surface area (Å²) in [6.45, 7) is 8.51. The van der Waals surface area contributed by atoms with Crippen LogP contribution in [0.15, 0.2) is 67.4 Å². The van der Waals surface area contributed by atoms with Crippen LogP contribution in [-0.4, -0.2) is 96.1 Å². The number of alkyl halides is 2. The highest BCUT2D eigenvalue weighted by molar-refractivity contribution is 6.33. The molecule has 258 valence electrons. The molecule has 0 unspecified atom stereocenters. The summed E-state index contributed by atoms with van der Waals surface area (Å²) in [5, 5.41) is 20.4. The maximum Gasteiger partial charge on any atom is 0.410 e. The second-order valence-electron chi connectivity index (χ2n) is 13.2. The highest BCUT2D eigenvalue weighted by Gasteiger charge is 2.59. The largest absolute Gasteiger partial charge is 0.447 e. The molecule has 0 radical (unpaired) electrons. The number of nitrogens with zero attached hydrogens (tertiary/aromatic N) is 7. The highest BCUT2D eigenvalue weighted by atomic mass is 35.5. The number of hydrogen-bond donors (Lipinski definition) is 2. The molecule has 0 saturated carbocycles. The Morgan fingerprint density at radius 2 is 2.00 bits per heavy atom. The Labute approximate surface area is 286 Å². The van der Waals surface area contributed by atoms with Gasteiger partial charge >= 0.3 is 12.6 Å². The molecule has 3 aliphatic rings. The normalized spacial score (nSPS) is 20.5. The lowest BCUT2D eigenvalue weighted by Crippen LogP contribution is -2.51. The molecule has 16 heteroatoms. The first-order chi connectivity index (χ1) is 23.3. The molecule has 2 aromatic heterocycles. The van der Waals surface area contributed by atoms with Crippen molar-refractivity contribution in [3.05, 3.63) is 83.6 Å². The molecule has 0 aliphatic carbocycles. The molecule has 5 heterocycles. The SMILES string of the molecule is C=C1C=CC(c2cnn(C(F)F)c2)=CN2C(=N)N([C@H](COC(=O)N3CCOCC3)c3ccc(Cl)c(-c4ncn[nH]4)c3)C(=O)[C@@]12CC(C)(C)C. The Morgan fingerprint density at radius 1 is 1.24 bits per heavy atom. The number of halogens is 3. The fourth-order valence-corrected chi connectivity index (χ4v) is 6.55. The zero-order valence-electron chi connectivity index (χ0n) is 27.2. The maximum atomic E-state index is 15.1. The number of H-pyrrole nitrogens is 1. The van der Waals surface area contributed by atoms with Crippen LogP contribution in [-0.2, 0) is 14.3 Å². The molecule has 0 bridgehead atoms. The maximum absolute atomic E-state index is 15.1. The molecular formula is C33H36ClF2N9O4. The van der Waals surface area contributed by atoms with Gasteiger partial charge in [-0.25, -0.2) is 14.5 Å². The number of allylic oxidation sites excluding steroid dienone is 2. The van der Waals surface area contributed by atoms with Gasteiger partial charge in [-0.2, -0.15) is 19.0 Å². The van der Waals surface area contributed by atoms with Crippen molar-refractivity contribution in [3.63, 3.8) is 0 Å². The van der Waals surface area contributed by atoms with Crippen LogP contribution in [0.2, 0.25) is 5.02 Å². The molecule has 6 rings (SSSR count). The summed E-state index contributed by atoms with van der Waals surface area (Å²) in [5.74, 6) is -0.305. The number of hydrogen-bond acceptors (Lipinski definition) is 8. The smallest absolute Gasteiger partial charge is 0.410 e. The number of guanidine groups is 1. The lowest BCUT2D eigenvalue weighted by molar-refractivity contribution is -0.134. The molecular weight excluding hydrogens is 660 g/mol. The fraction of sp³-hybridized carbons (Fsp3) is 0.394. The van der Waals surface area contributed by atoms with Crippen LogP contribution in [0.5, 0.6) is 0 Å². The Bertz CT molecular complexity index is 1830. The third-order valence-corrected chi connectivity index (χ3v) is 8.95. The van der Waals surface area contributed by atoms with Gasteiger partial charge in [0.15, 0.2) is 11.4 Å². The first kappa shape index (κ1) is 34.0. The predicted molar refractivity (Wildman–Crippen MR) is 176 cm³/mol. The van der Waals surface area contributed by atoms with E-state index in [1.807, 2.05) is 20.8 Å². The minimum absolute atomic E-state index is 0.221.